The Morgan fingerprint density at radius 1 is 0.821 bits per heavy atom. The first-order valence-electron chi connectivity index (χ1n) is 9.54. The van der Waals surface area contributed by atoms with Crippen molar-refractivity contribution < 1.29 is 9.59 Å². The molecule has 2 N–H and O–H groups in total. The molecule has 0 bridgehead atoms. The molecule has 0 saturated heterocycles. The third-order valence-corrected chi connectivity index (χ3v) is 4.33. The molecule has 0 radical (unpaired) electrons. The zero-order valence-electron chi connectivity index (χ0n) is 16.9. The summed E-state index contributed by atoms with van der Waals surface area (Å²) >= 11 is 0. The molecule has 6 nitrogen and oxygen atoms in total. The number of rotatable bonds is 9. The Kier molecular flexibility index (Phi) is 8.49. The molecule has 0 spiro atoms. The molecule has 0 heterocycles. The number of nitrogens with zero attached hydrogens (tertiary/aromatic N) is 2. The molecule has 6 heteroatoms. The molecule has 0 saturated carbocycles. The van der Waals surface area contributed by atoms with Crippen LogP contribution in [0.5, 0.6) is 0 Å². The van der Waals surface area contributed by atoms with Crippen LogP contribution in [0.1, 0.15) is 23.6 Å². The standard InChI is InChI=1S/C22H30N4O2/c1-4-26(17-19-8-6-5-7-9-19)21(27)15-24-22(28)23-14-18-10-12-20(13-11-18)16-25(2)3/h5-13H,4,14-17H2,1-3H3,(H2,23,24,28). The summed E-state index contributed by atoms with van der Waals surface area (Å²) in [5.41, 5.74) is 3.31. The molecular weight excluding hydrogens is 352 g/mol. The van der Waals surface area contributed by atoms with E-state index in [1.807, 2.05) is 63.5 Å². The van der Waals surface area contributed by atoms with E-state index in [4.69, 9.17) is 0 Å². The Morgan fingerprint density at radius 2 is 1.43 bits per heavy atom. The van der Waals surface area contributed by atoms with Gasteiger partial charge in [-0.2, -0.15) is 0 Å². The lowest BCUT2D eigenvalue weighted by molar-refractivity contribution is -0.130. The van der Waals surface area contributed by atoms with E-state index in [1.54, 1.807) is 4.90 Å². The first kappa shape index (κ1) is 21.4. The van der Waals surface area contributed by atoms with E-state index >= 15 is 0 Å². The SMILES string of the molecule is CCN(Cc1ccccc1)C(=O)CNC(=O)NCc1ccc(CN(C)C)cc1. The molecule has 2 aromatic rings. The number of carbonyl (C=O) groups excluding carboxylic acids is 2. The molecule has 2 aromatic carbocycles. The quantitative estimate of drug-likeness (QED) is 0.701. The van der Waals surface area contributed by atoms with Crippen LogP contribution in [0.25, 0.3) is 0 Å². The molecule has 0 unspecified atom stereocenters. The number of likely N-dealkylation sites (N-methyl/N-ethyl adjacent to an activating group) is 1. The van der Waals surface area contributed by atoms with Crippen LogP contribution in [0.2, 0.25) is 0 Å². The Hall–Kier alpha value is -2.86. The minimum absolute atomic E-state index is 0.0196. The van der Waals surface area contributed by atoms with Crippen molar-refractivity contribution in [3.8, 4) is 0 Å². The highest BCUT2D eigenvalue weighted by Crippen LogP contribution is 2.06. The smallest absolute Gasteiger partial charge is 0.315 e. The second-order valence-corrected chi connectivity index (χ2v) is 6.98. The third kappa shape index (κ3) is 7.40. The van der Waals surface area contributed by atoms with E-state index in [0.717, 1.165) is 17.7 Å². The molecular formula is C22H30N4O2. The Labute approximate surface area is 167 Å². The highest BCUT2D eigenvalue weighted by atomic mass is 16.2. The number of benzene rings is 2. The van der Waals surface area contributed by atoms with Gasteiger partial charge in [0.25, 0.3) is 0 Å². The number of hydrogen-bond donors (Lipinski definition) is 2. The molecule has 150 valence electrons. The maximum absolute atomic E-state index is 12.4. The fourth-order valence-corrected chi connectivity index (χ4v) is 2.82. The maximum Gasteiger partial charge on any atom is 0.315 e. The van der Waals surface area contributed by atoms with Crippen molar-refractivity contribution in [2.24, 2.45) is 0 Å². The molecule has 3 amide bonds. The topological polar surface area (TPSA) is 64.7 Å². The monoisotopic (exact) mass is 382 g/mol. The van der Waals surface area contributed by atoms with Crippen molar-refractivity contribution in [3.63, 3.8) is 0 Å². The number of carbonyl (C=O) groups is 2. The molecule has 28 heavy (non-hydrogen) atoms. The number of urea groups is 1. The van der Waals surface area contributed by atoms with Gasteiger partial charge in [0.1, 0.15) is 0 Å². The summed E-state index contributed by atoms with van der Waals surface area (Å²) in [6, 6.07) is 17.6. The van der Waals surface area contributed by atoms with Gasteiger partial charge in [-0.3, -0.25) is 4.79 Å². The van der Waals surface area contributed by atoms with Gasteiger partial charge < -0.3 is 20.4 Å². The van der Waals surface area contributed by atoms with E-state index < -0.39 is 0 Å². The van der Waals surface area contributed by atoms with Crippen LogP contribution >= 0.6 is 0 Å². The van der Waals surface area contributed by atoms with Gasteiger partial charge in [0.15, 0.2) is 0 Å². The fourth-order valence-electron chi connectivity index (χ4n) is 2.82. The average Bonchev–Trinajstić information content (AvgIpc) is 2.70. The first-order chi connectivity index (χ1) is 13.5. The maximum atomic E-state index is 12.4. The molecule has 0 aliphatic rings. The fraction of sp³-hybridized carbons (Fsp3) is 0.364. The van der Waals surface area contributed by atoms with Crippen molar-refractivity contribution in [3.05, 3.63) is 71.3 Å². The van der Waals surface area contributed by atoms with Crippen LogP contribution in [-0.2, 0) is 24.4 Å². The minimum atomic E-state index is -0.346. The normalized spacial score (nSPS) is 10.6. The van der Waals surface area contributed by atoms with Crippen LogP contribution in [0.3, 0.4) is 0 Å². The van der Waals surface area contributed by atoms with E-state index in [2.05, 4.69) is 27.7 Å². The predicted octanol–water partition coefficient (Wildman–Crippen LogP) is 2.60. The van der Waals surface area contributed by atoms with Crippen LogP contribution in [0.4, 0.5) is 4.79 Å². The van der Waals surface area contributed by atoms with Gasteiger partial charge in [-0.1, -0.05) is 54.6 Å². The van der Waals surface area contributed by atoms with Gasteiger partial charge >= 0.3 is 6.03 Å². The Morgan fingerprint density at radius 3 is 2.04 bits per heavy atom. The van der Waals surface area contributed by atoms with Crippen LogP contribution < -0.4 is 10.6 Å². The summed E-state index contributed by atoms with van der Waals surface area (Å²) in [4.78, 5) is 28.2. The van der Waals surface area contributed by atoms with Gasteiger partial charge in [0.05, 0.1) is 6.54 Å². The van der Waals surface area contributed by atoms with Gasteiger partial charge in [-0.15, -0.1) is 0 Å². The van der Waals surface area contributed by atoms with E-state index in [0.29, 0.717) is 19.6 Å². The number of amides is 3. The summed E-state index contributed by atoms with van der Waals surface area (Å²) in [5, 5.41) is 5.43. The summed E-state index contributed by atoms with van der Waals surface area (Å²) in [5.74, 6) is -0.102. The largest absolute Gasteiger partial charge is 0.337 e. The van der Waals surface area contributed by atoms with Gasteiger partial charge in [-0.25, -0.2) is 4.79 Å². The molecule has 0 aliphatic heterocycles. The van der Waals surface area contributed by atoms with E-state index in [-0.39, 0.29) is 18.5 Å². The lowest BCUT2D eigenvalue weighted by Gasteiger charge is -2.21. The number of hydrogen-bond acceptors (Lipinski definition) is 3. The number of nitrogens with one attached hydrogen (secondary N) is 2. The molecule has 0 aliphatic carbocycles. The predicted molar refractivity (Wildman–Crippen MR) is 112 cm³/mol. The summed E-state index contributed by atoms with van der Waals surface area (Å²) in [7, 11) is 4.06. The van der Waals surface area contributed by atoms with Crippen molar-refractivity contribution in [2.45, 2.75) is 26.6 Å². The van der Waals surface area contributed by atoms with E-state index in [9.17, 15) is 9.59 Å². The minimum Gasteiger partial charge on any atom is -0.337 e. The van der Waals surface area contributed by atoms with Crippen LogP contribution in [-0.4, -0.2) is 48.9 Å². The first-order valence-corrected chi connectivity index (χ1v) is 9.54. The highest BCUT2D eigenvalue weighted by Gasteiger charge is 2.13. The Balaban J connectivity index is 1.74. The second-order valence-electron chi connectivity index (χ2n) is 6.98. The second kappa shape index (κ2) is 11.1. The Bertz CT molecular complexity index is 745. The zero-order chi connectivity index (χ0) is 20.4. The van der Waals surface area contributed by atoms with Crippen molar-refractivity contribution in [2.75, 3.05) is 27.2 Å². The summed E-state index contributed by atoms with van der Waals surface area (Å²) < 4.78 is 0. The lowest BCUT2D eigenvalue weighted by atomic mass is 10.1. The summed E-state index contributed by atoms with van der Waals surface area (Å²) in [6.07, 6.45) is 0. The molecule has 0 aromatic heterocycles. The van der Waals surface area contributed by atoms with Crippen molar-refractivity contribution in [1.29, 1.82) is 0 Å². The van der Waals surface area contributed by atoms with Gasteiger partial charge in [-0.05, 0) is 37.7 Å². The molecule has 2 rings (SSSR count). The van der Waals surface area contributed by atoms with Crippen molar-refractivity contribution in [1.82, 2.24) is 20.4 Å². The van der Waals surface area contributed by atoms with Crippen LogP contribution in [0.15, 0.2) is 54.6 Å². The van der Waals surface area contributed by atoms with Gasteiger partial charge in [0.2, 0.25) is 5.91 Å². The van der Waals surface area contributed by atoms with Crippen LogP contribution in [0, 0.1) is 0 Å². The molecule has 0 atom stereocenters. The summed E-state index contributed by atoms with van der Waals surface area (Å²) in [6.45, 7) is 4.35. The van der Waals surface area contributed by atoms with Gasteiger partial charge in [0, 0.05) is 26.2 Å². The zero-order valence-corrected chi connectivity index (χ0v) is 16.9. The lowest BCUT2D eigenvalue weighted by Crippen LogP contribution is -2.43. The average molecular weight is 383 g/mol. The van der Waals surface area contributed by atoms with E-state index in [1.165, 1.54) is 5.56 Å². The van der Waals surface area contributed by atoms with Crippen molar-refractivity contribution >= 4 is 11.9 Å². The third-order valence-electron chi connectivity index (χ3n) is 4.33. The highest BCUT2D eigenvalue weighted by molar-refractivity contribution is 5.83. The molecule has 0 fully saturated rings.